The first-order valence-electron chi connectivity index (χ1n) is 3.05. The number of hydrogen-bond acceptors (Lipinski definition) is 2. The second-order valence-corrected chi connectivity index (χ2v) is 2.16. The van der Waals surface area contributed by atoms with Crippen LogP contribution in [0.4, 0.5) is 5.82 Å². The molecule has 10 heavy (non-hydrogen) atoms. The number of fused-ring (bicyclic) bond motifs is 1. The molecule has 3 nitrogen and oxygen atoms in total. The van der Waals surface area contributed by atoms with Crippen LogP contribution < -0.4 is 5.73 Å². The van der Waals surface area contributed by atoms with Gasteiger partial charge >= 0.3 is 0 Å². The molecule has 0 bridgehead atoms. The summed E-state index contributed by atoms with van der Waals surface area (Å²) in [5.74, 6) is 0.667. The predicted molar refractivity (Wildman–Crippen MR) is 39.6 cm³/mol. The molecule has 0 aromatic rings. The average molecular weight is 133 g/mol. The first-order valence-corrected chi connectivity index (χ1v) is 3.05. The van der Waals surface area contributed by atoms with E-state index in [0.717, 1.165) is 11.4 Å². The summed E-state index contributed by atoms with van der Waals surface area (Å²) in [5.41, 5.74) is 7.44. The van der Waals surface area contributed by atoms with Crippen molar-refractivity contribution in [1.29, 1.82) is 0 Å². The van der Waals surface area contributed by atoms with Crippen molar-refractivity contribution in [1.82, 2.24) is 9.97 Å². The first kappa shape index (κ1) is 5.29. The lowest BCUT2D eigenvalue weighted by Crippen LogP contribution is -1.90. The molecule has 3 N–H and O–H groups in total. The van der Waals surface area contributed by atoms with Gasteiger partial charge in [0.2, 0.25) is 0 Å². The van der Waals surface area contributed by atoms with Crippen molar-refractivity contribution in [3.05, 3.63) is 24.4 Å². The van der Waals surface area contributed by atoms with E-state index in [4.69, 9.17) is 5.73 Å². The molecule has 0 fully saturated rings. The molecule has 2 heterocycles. The number of pyridine rings is 1. The Labute approximate surface area is 58.2 Å². The number of aromatic amines is 1. The number of nitrogens with two attached hydrogens (primary N) is 1. The van der Waals surface area contributed by atoms with E-state index in [1.807, 2.05) is 12.1 Å². The normalized spacial score (nSPS) is 10.4. The van der Waals surface area contributed by atoms with Crippen LogP contribution >= 0.6 is 0 Å². The third-order valence-corrected chi connectivity index (χ3v) is 1.43. The number of rotatable bonds is 0. The summed E-state index contributed by atoms with van der Waals surface area (Å²) in [6, 6.07) is 5.59. The van der Waals surface area contributed by atoms with E-state index < -0.39 is 0 Å². The topological polar surface area (TPSA) is 54.7 Å². The maximum Gasteiger partial charge on any atom is 0.101 e. The Balaban J connectivity index is 2.75. The Hall–Kier alpha value is -1.51. The fourth-order valence-corrected chi connectivity index (χ4v) is 0.951. The Bertz CT molecular complexity index is 313. The highest BCUT2D eigenvalue weighted by atomic mass is 14.9. The predicted octanol–water partition coefficient (Wildman–Crippen LogP) is 1.10. The zero-order valence-corrected chi connectivity index (χ0v) is 5.33. The highest BCUT2D eigenvalue weighted by Gasteiger charge is 2.00. The van der Waals surface area contributed by atoms with Gasteiger partial charge in [-0.05, 0) is 18.2 Å². The maximum absolute atomic E-state index is 5.50. The lowest BCUT2D eigenvalue weighted by atomic mass is 10.3. The van der Waals surface area contributed by atoms with E-state index in [9.17, 15) is 0 Å². The summed E-state index contributed by atoms with van der Waals surface area (Å²) in [7, 11) is 0. The molecule has 0 aromatic heterocycles. The smallest absolute Gasteiger partial charge is 0.101 e. The van der Waals surface area contributed by atoms with E-state index in [1.54, 1.807) is 12.3 Å². The van der Waals surface area contributed by atoms with Gasteiger partial charge in [-0.15, -0.1) is 0 Å². The molecular formula is C7H7N3. The Kier molecular flexibility index (Phi) is 0.917. The highest BCUT2D eigenvalue weighted by Crippen LogP contribution is 2.17. The summed E-state index contributed by atoms with van der Waals surface area (Å²) >= 11 is 0. The number of hydrogen-bond donors (Lipinski definition) is 2. The highest BCUT2D eigenvalue weighted by molar-refractivity contribution is 5.59. The lowest BCUT2D eigenvalue weighted by Gasteiger charge is -1.97. The summed E-state index contributed by atoms with van der Waals surface area (Å²) < 4.78 is 0. The van der Waals surface area contributed by atoms with Crippen molar-refractivity contribution < 1.29 is 0 Å². The minimum atomic E-state index is 0.667. The number of aromatic nitrogens is 2. The molecule has 0 amide bonds. The van der Waals surface area contributed by atoms with Crippen LogP contribution in [0.1, 0.15) is 0 Å². The molecule has 2 aliphatic heterocycles. The quantitative estimate of drug-likeness (QED) is 0.565. The van der Waals surface area contributed by atoms with Crippen LogP contribution in [0.25, 0.3) is 11.4 Å². The molecule has 3 heteroatoms. The minimum absolute atomic E-state index is 0.667. The van der Waals surface area contributed by atoms with Crippen molar-refractivity contribution in [3.8, 4) is 11.4 Å². The number of nitrogens with one attached hydrogen (secondary N) is 1. The molecule has 0 atom stereocenters. The standard InChI is InChI=1S/C7H7N3/c8-7-2-1-5-6(10-7)3-4-9-5/h1-4,10H,8H2. The van der Waals surface area contributed by atoms with Gasteiger partial charge in [0.05, 0.1) is 11.4 Å². The zero-order valence-electron chi connectivity index (χ0n) is 5.33. The van der Waals surface area contributed by atoms with Gasteiger partial charge in [0.1, 0.15) is 5.82 Å². The van der Waals surface area contributed by atoms with Gasteiger partial charge < -0.3 is 10.7 Å². The molecule has 0 aromatic carbocycles. The molecule has 2 rings (SSSR count). The number of anilines is 1. The van der Waals surface area contributed by atoms with Gasteiger partial charge in [-0.2, -0.15) is 0 Å². The summed E-state index contributed by atoms with van der Waals surface area (Å²) in [6.07, 6.45) is 1.75. The van der Waals surface area contributed by atoms with E-state index >= 15 is 0 Å². The van der Waals surface area contributed by atoms with E-state index in [0.29, 0.717) is 5.82 Å². The van der Waals surface area contributed by atoms with Crippen LogP contribution in [-0.2, 0) is 0 Å². The van der Waals surface area contributed by atoms with Crippen molar-refractivity contribution in [2.75, 3.05) is 5.73 Å². The monoisotopic (exact) mass is 133 g/mol. The largest absolute Gasteiger partial charge is 0.385 e. The van der Waals surface area contributed by atoms with Crippen LogP contribution in [0.2, 0.25) is 0 Å². The maximum atomic E-state index is 5.50. The lowest BCUT2D eigenvalue weighted by molar-refractivity contribution is 1.30. The molecule has 0 aliphatic carbocycles. The average Bonchev–Trinajstić information content (AvgIpc) is 2.33. The van der Waals surface area contributed by atoms with Crippen LogP contribution in [0.5, 0.6) is 0 Å². The summed E-state index contributed by atoms with van der Waals surface area (Å²) in [5, 5.41) is 0. The third kappa shape index (κ3) is 0.639. The minimum Gasteiger partial charge on any atom is -0.385 e. The van der Waals surface area contributed by atoms with Crippen molar-refractivity contribution in [2.45, 2.75) is 0 Å². The van der Waals surface area contributed by atoms with Gasteiger partial charge in [-0.25, -0.2) is 0 Å². The molecule has 50 valence electrons. The molecule has 0 unspecified atom stereocenters. The Morgan fingerprint density at radius 3 is 3.10 bits per heavy atom. The zero-order chi connectivity index (χ0) is 6.97. The molecular weight excluding hydrogens is 126 g/mol. The van der Waals surface area contributed by atoms with E-state index in [1.165, 1.54) is 0 Å². The molecule has 0 saturated carbocycles. The Morgan fingerprint density at radius 2 is 2.20 bits per heavy atom. The molecule has 0 spiro atoms. The van der Waals surface area contributed by atoms with Gasteiger partial charge in [0.25, 0.3) is 0 Å². The Morgan fingerprint density at radius 1 is 1.30 bits per heavy atom. The van der Waals surface area contributed by atoms with Crippen molar-refractivity contribution in [2.24, 2.45) is 0 Å². The fraction of sp³-hybridized carbons (Fsp3) is 0. The van der Waals surface area contributed by atoms with E-state index in [2.05, 4.69) is 9.97 Å². The first-order chi connectivity index (χ1) is 4.86. The number of H-pyrrole nitrogens is 1. The van der Waals surface area contributed by atoms with Gasteiger partial charge in [0, 0.05) is 6.20 Å². The van der Waals surface area contributed by atoms with Crippen molar-refractivity contribution in [3.63, 3.8) is 0 Å². The van der Waals surface area contributed by atoms with Crippen LogP contribution in [0.3, 0.4) is 0 Å². The fourth-order valence-electron chi connectivity index (χ4n) is 0.951. The number of nitrogens with zero attached hydrogens (tertiary/aromatic N) is 1. The summed E-state index contributed by atoms with van der Waals surface area (Å²) in [6.45, 7) is 0. The summed E-state index contributed by atoms with van der Waals surface area (Å²) in [4.78, 5) is 7.06. The van der Waals surface area contributed by atoms with Crippen LogP contribution in [0.15, 0.2) is 24.4 Å². The second-order valence-electron chi connectivity index (χ2n) is 2.16. The van der Waals surface area contributed by atoms with Gasteiger partial charge in [0.15, 0.2) is 0 Å². The van der Waals surface area contributed by atoms with E-state index in [-0.39, 0.29) is 0 Å². The van der Waals surface area contributed by atoms with Gasteiger partial charge in [-0.1, -0.05) is 0 Å². The van der Waals surface area contributed by atoms with Gasteiger partial charge in [-0.3, -0.25) is 4.98 Å². The molecule has 2 aliphatic rings. The van der Waals surface area contributed by atoms with Crippen LogP contribution in [0, 0.1) is 0 Å². The molecule has 0 radical (unpaired) electrons. The number of nitrogen functional groups attached to an aromatic ring is 1. The molecule has 0 saturated heterocycles. The van der Waals surface area contributed by atoms with Crippen molar-refractivity contribution >= 4 is 5.82 Å². The van der Waals surface area contributed by atoms with Crippen LogP contribution in [-0.4, -0.2) is 9.97 Å². The SMILES string of the molecule is Nc1ccc2nccc-2[nH]1. The third-order valence-electron chi connectivity index (χ3n) is 1.43. The second kappa shape index (κ2) is 1.73.